The van der Waals surface area contributed by atoms with E-state index in [1.54, 1.807) is 11.1 Å². The molecule has 1 aromatic carbocycles. The molecule has 3 heterocycles. The minimum atomic E-state index is -4.38. The first-order valence-corrected chi connectivity index (χ1v) is 10.5. The number of benzene rings is 1. The first-order valence-electron chi connectivity index (χ1n) is 10.5. The predicted octanol–water partition coefficient (Wildman–Crippen LogP) is 3.83. The van der Waals surface area contributed by atoms with Gasteiger partial charge in [-0.2, -0.15) is 13.2 Å². The highest BCUT2D eigenvalue weighted by atomic mass is 19.4. The van der Waals surface area contributed by atoms with Crippen molar-refractivity contribution >= 4 is 23.4 Å². The molecule has 10 heteroatoms. The van der Waals surface area contributed by atoms with Crippen LogP contribution in [0.25, 0.3) is 0 Å². The number of halogens is 3. The largest absolute Gasteiger partial charge is 0.416 e. The third-order valence-corrected chi connectivity index (χ3v) is 5.41. The Morgan fingerprint density at radius 1 is 0.939 bits per heavy atom. The zero-order valence-electron chi connectivity index (χ0n) is 18.0. The normalized spacial score (nSPS) is 14.3. The van der Waals surface area contributed by atoms with Crippen LogP contribution in [-0.2, 0) is 17.4 Å². The summed E-state index contributed by atoms with van der Waals surface area (Å²) >= 11 is 0. The summed E-state index contributed by atoms with van der Waals surface area (Å²) in [6.45, 7) is 4.18. The first kappa shape index (κ1) is 22.5. The van der Waals surface area contributed by atoms with Crippen LogP contribution in [0.2, 0.25) is 0 Å². The first-order chi connectivity index (χ1) is 15.8. The lowest BCUT2D eigenvalue weighted by molar-refractivity contribution is -0.137. The topological polar surface area (TPSA) is 74.2 Å². The Bertz CT molecular complexity index is 1080. The van der Waals surface area contributed by atoms with Gasteiger partial charge in [0.25, 0.3) is 0 Å². The Hall–Kier alpha value is -3.69. The lowest BCUT2D eigenvalue weighted by atomic mass is 10.1. The molecular formula is C23H23F3N6O. The highest BCUT2D eigenvalue weighted by molar-refractivity contribution is 5.79. The average molecular weight is 456 g/mol. The van der Waals surface area contributed by atoms with Gasteiger partial charge >= 0.3 is 6.18 Å². The number of hydrogen-bond acceptors (Lipinski definition) is 6. The van der Waals surface area contributed by atoms with Crippen LogP contribution in [0.4, 0.5) is 30.6 Å². The van der Waals surface area contributed by atoms with Crippen molar-refractivity contribution < 1.29 is 18.0 Å². The number of aryl methyl sites for hydroxylation is 1. The van der Waals surface area contributed by atoms with Gasteiger partial charge in [0, 0.05) is 32.4 Å². The summed E-state index contributed by atoms with van der Waals surface area (Å²) in [7, 11) is 0. The number of pyridine rings is 1. The molecule has 4 rings (SSSR count). The number of hydrogen-bond donors (Lipinski definition) is 1. The highest BCUT2D eigenvalue weighted by Crippen LogP contribution is 2.29. The molecule has 0 saturated carbocycles. The summed E-state index contributed by atoms with van der Waals surface area (Å²) < 4.78 is 38.1. The van der Waals surface area contributed by atoms with Gasteiger partial charge in [-0.05, 0) is 48.4 Å². The molecule has 0 atom stereocenters. The SMILES string of the molecule is Cc1ccc(Nc2ccc(N3CCN(C(=O)Cc4ccc(C(F)(F)F)cc4)CC3)nn2)nc1. The van der Waals surface area contributed by atoms with Crippen molar-refractivity contribution in [3.8, 4) is 0 Å². The van der Waals surface area contributed by atoms with Crippen molar-refractivity contribution in [1.82, 2.24) is 20.1 Å². The van der Waals surface area contributed by atoms with Crippen LogP contribution in [0.15, 0.2) is 54.7 Å². The number of amides is 1. The third kappa shape index (κ3) is 5.76. The van der Waals surface area contributed by atoms with E-state index in [2.05, 4.69) is 20.5 Å². The Balaban J connectivity index is 1.28. The zero-order valence-corrected chi connectivity index (χ0v) is 18.0. The van der Waals surface area contributed by atoms with E-state index in [0.29, 0.717) is 49.2 Å². The molecular weight excluding hydrogens is 433 g/mol. The van der Waals surface area contributed by atoms with Crippen molar-refractivity contribution in [3.05, 3.63) is 71.4 Å². The Morgan fingerprint density at radius 2 is 1.64 bits per heavy atom. The van der Waals surface area contributed by atoms with Crippen LogP contribution in [-0.4, -0.2) is 52.2 Å². The number of anilines is 3. The summed E-state index contributed by atoms with van der Waals surface area (Å²) in [5, 5.41) is 11.6. The number of nitrogens with zero attached hydrogens (tertiary/aromatic N) is 5. The van der Waals surface area contributed by atoms with Crippen LogP contribution < -0.4 is 10.2 Å². The minimum Gasteiger partial charge on any atom is -0.352 e. The van der Waals surface area contributed by atoms with E-state index in [1.165, 1.54) is 12.1 Å². The fraction of sp³-hybridized carbons (Fsp3) is 0.304. The Kier molecular flexibility index (Phi) is 6.43. The summed E-state index contributed by atoms with van der Waals surface area (Å²) in [6.07, 6.45) is -2.54. The number of carbonyl (C=O) groups is 1. The van der Waals surface area contributed by atoms with Crippen molar-refractivity contribution in [2.75, 3.05) is 36.4 Å². The van der Waals surface area contributed by atoms with Gasteiger partial charge in [0.15, 0.2) is 11.6 Å². The zero-order chi connectivity index (χ0) is 23.4. The second kappa shape index (κ2) is 9.43. The second-order valence-corrected chi connectivity index (χ2v) is 7.86. The molecule has 1 aliphatic heterocycles. The lowest BCUT2D eigenvalue weighted by Crippen LogP contribution is -2.49. The Labute approximate surface area is 189 Å². The molecule has 0 unspecified atom stereocenters. The van der Waals surface area contributed by atoms with Gasteiger partial charge in [0.05, 0.1) is 12.0 Å². The van der Waals surface area contributed by atoms with Gasteiger partial charge in [-0.1, -0.05) is 18.2 Å². The maximum absolute atomic E-state index is 12.7. The molecule has 33 heavy (non-hydrogen) atoms. The standard InChI is InChI=1S/C23H23F3N6O/c1-16-2-7-19(27-15-16)28-20-8-9-21(30-29-20)31-10-12-32(13-11-31)22(33)14-17-3-5-18(6-4-17)23(24,25)26/h2-9,15H,10-14H2,1H3,(H,27,28,29). The molecule has 0 bridgehead atoms. The Morgan fingerprint density at radius 3 is 2.21 bits per heavy atom. The van der Waals surface area contributed by atoms with Gasteiger partial charge < -0.3 is 15.1 Å². The molecule has 1 amide bonds. The summed E-state index contributed by atoms with van der Waals surface area (Å²) in [5.74, 6) is 1.88. The maximum atomic E-state index is 12.7. The van der Waals surface area contributed by atoms with Gasteiger partial charge in [-0.3, -0.25) is 4.79 Å². The summed E-state index contributed by atoms with van der Waals surface area (Å²) in [4.78, 5) is 20.6. The number of carbonyl (C=O) groups excluding carboxylic acids is 1. The van der Waals surface area contributed by atoms with E-state index in [1.807, 2.05) is 36.1 Å². The molecule has 1 fully saturated rings. The molecule has 1 saturated heterocycles. The monoisotopic (exact) mass is 456 g/mol. The third-order valence-electron chi connectivity index (χ3n) is 5.41. The molecule has 2 aromatic heterocycles. The number of rotatable bonds is 5. The molecule has 172 valence electrons. The minimum absolute atomic E-state index is 0.0748. The molecule has 1 aliphatic rings. The number of alkyl halides is 3. The van der Waals surface area contributed by atoms with Crippen molar-refractivity contribution in [2.45, 2.75) is 19.5 Å². The van der Waals surface area contributed by atoms with Crippen LogP contribution in [0.1, 0.15) is 16.7 Å². The van der Waals surface area contributed by atoms with E-state index in [4.69, 9.17) is 0 Å². The molecule has 7 nitrogen and oxygen atoms in total. The molecule has 3 aromatic rings. The summed E-state index contributed by atoms with van der Waals surface area (Å²) in [6, 6.07) is 12.2. The maximum Gasteiger partial charge on any atom is 0.416 e. The quantitative estimate of drug-likeness (QED) is 0.629. The molecule has 0 radical (unpaired) electrons. The number of nitrogens with one attached hydrogen (secondary N) is 1. The molecule has 0 aliphatic carbocycles. The van der Waals surface area contributed by atoms with E-state index in [-0.39, 0.29) is 12.3 Å². The fourth-order valence-corrected chi connectivity index (χ4v) is 3.52. The molecule has 0 spiro atoms. The van der Waals surface area contributed by atoms with Crippen molar-refractivity contribution in [3.63, 3.8) is 0 Å². The van der Waals surface area contributed by atoms with E-state index < -0.39 is 11.7 Å². The van der Waals surface area contributed by atoms with Crippen molar-refractivity contribution in [1.29, 1.82) is 0 Å². The van der Waals surface area contributed by atoms with Crippen LogP contribution in [0.3, 0.4) is 0 Å². The molecule has 1 N–H and O–H groups in total. The van der Waals surface area contributed by atoms with Gasteiger partial charge in [0.2, 0.25) is 5.91 Å². The fourth-order valence-electron chi connectivity index (χ4n) is 3.52. The predicted molar refractivity (Wildman–Crippen MR) is 118 cm³/mol. The van der Waals surface area contributed by atoms with Gasteiger partial charge in [-0.15, -0.1) is 10.2 Å². The van der Waals surface area contributed by atoms with Crippen LogP contribution in [0, 0.1) is 6.92 Å². The second-order valence-electron chi connectivity index (χ2n) is 7.86. The van der Waals surface area contributed by atoms with E-state index in [9.17, 15) is 18.0 Å². The van der Waals surface area contributed by atoms with Crippen molar-refractivity contribution in [2.24, 2.45) is 0 Å². The van der Waals surface area contributed by atoms with Crippen LogP contribution in [0.5, 0.6) is 0 Å². The van der Waals surface area contributed by atoms with Gasteiger partial charge in [0.1, 0.15) is 5.82 Å². The van der Waals surface area contributed by atoms with Gasteiger partial charge in [-0.25, -0.2) is 4.98 Å². The average Bonchev–Trinajstić information content (AvgIpc) is 2.81. The smallest absolute Gasteiger partial charge is 0.352 e. The number of piperazine rings is 1. The van der Waals surface area contributed by atoms with Crippen LogP contribution >= 0.6 is 0 Å². The van der Waals surface area contributed by atoms with E-state index >= 15 is 0 Å². The summed E-state index contributed by atoms with van der Waals surface area (Å²) in [5.41, 5.74) is 0.913. The highest BCUT2D eigenvalue weighted by Gasteiger charge is 2.30. The lowest BCUT2D eigenvalue weighted by Gasteiger charge is -2.35. The number of aromatic nitrogens is 3. The van der Waals surface area contributed by atoms with E-state index in [0.717, 1.165) is 17.7 Å².